The molecular formula is C19H22N2. The van der Waals surface area contributed by atoms with Gasteiger partial charge < -0.3 is 9.88 Å². The number of para-hydroxylation sites is 2. The van der Waals surface area contributed by atoms with Crippen LogP contribution in [-0.4, -0.2) is 4.57 Å². The minimum absolute atomic E-state index is 0.863. The molecule has 1 heterocycles. The molecule has 0 aliphatic rings. The first kappa shape index (κ1) is 13.7. The molecule has 3 rings (SSSR count). The van der Waals surface area contributed by atoms with E-state index in [9.17, 15) is 0 Å². The van der Waals surface area contributed by atoms with Gasteiger partial charge in [0, 0.05) is 36.4 Å². The van der Waals surface area contributed by atoms with Crippen molar-refractivity contribution in [1.82, 2.24) is 4.57 Å². The zero-order valence-corrected chi connectivity index (χ0v) is 12.8. The van der Waals surface area contributed by atoms with Crippen LogP contribution in [0.15, 0.2) is 54.7 Å². The average Bonchev–Trinajstić information content (AvgIpc) is 2.84. The van der Waals surface area contributed by atoms with Gasteiger partial charge in [-0.2, -0.15) is 0 Å². The van der Waals surface area contributed by atoms with E-state index in [-0.39, 0.29) is 0 Å². The van der Waals surface area contributed by atoms with Crippen molar-refractivity contribution in [2.24, 2.45) is 7.05 Å². The van der Waals surface area contributed by atoms with Crippen molar-refractivity contribution in [3.05, 3.63) is 65.9 Å². The number of rotatable bonds is 5. The van der Waals surface area contributed by atoms with Gasteiger partial charge in [0.25, 0.3) is 0 Å². The molecule has 0 saturated carbocycles. The lowest BCUT2D eigenvalue weighted by Crippen LogP contribution is -2.02. The molecule has 0 aliphatic heterocycles. The fourth-order valence-electron chi connectivity index (χ4n) is 2.94. The third-order valence-corrected chi connectivity index (χ3v) is 3.99. The van der Waals surface area contributed by atoms with Crippen LogP contribution in [0, 0.1) is 0 Å². The van der Waals surface area contributed by atoms with E-state index in [1.165, 1.54) is 34.1 Å². The molecule has 0 atom stereocenters. The number of hydrogen-bond donors (Lipinski definition) is 1. The number of anilines is 1. The number of nitrogens with zero attached hydrogens (tertiary/aromatic N) is 1. The number of fused-ring (bicyclic) bond motifs is 1. The van der Waals surface area contributed by atoms with Gasteiger partial charge in [-0.3, -0.25) is 0 Å². The quantitative estimate of drug-likeness (QED) is 0.713. The average molecular weight is 278 g/mol. The van der Waals surface area contributed by atoms with Gasteiger partial charge in [-0.25, -0.2) is 0 Å². The first-order valence-corrected chi connectivity index (χ1v) is 7.64. The summed E-state index contributed by atoms with van der Waals surface area (Å²) in [5, 5.41) is 4.94. The van der Waals surface area contributed by atoms with Crippen molar-refractivity contribution in [2.45, 2.75) is 26.3 Å². The van der Waals surface area contributed by atoms with Gasteiger partial charge in [0.2, 0.25) is 0 Å². The van der Waals surface area contributed by atoms with Crippen LogP contribution in [0.5, 0.6) is 0 Å². The molecule has 0 fully saturated rings. The molecule has 1 N–H and O–H groups in total. The number of aromatic nitrogens is 1. The maximum absolute atomic E-state index is 3.61. The molecular weight excluding hydrogens is 256 g/mol. The van der Waals surface area contributed by atoms with Gasteiger partial charge in [0.05, 0.1) is 0 Å². The highest BCUT2D eigenvalue weighted by Gasteiger charge is 2.06. The van der Waals surface area contributed by atoms with E-state index < -0.39 is 0 Å². The summed E-state index contributed by atoms with van der Waals surface area (Å²) in [5.41, 5.74) is 5.29. The summed E-state index contributed by atoms with van der Waals surface area (Å²) in [5.74, 6) is 0. The Labute approximate surface area is 126 Å². The molecule has 0 saturated heterocycles. The normalized spacial score (nSPS) is 11.0. The highest BCUT2D eigenvalue weighted by molar-refractivity contribution is 5.84. The molecule has 2 aromatic carbocycles. The summed E-state index contributed by atoms with van der Waals surface area (Å²) in [4.78, 5) is 0. The second-order valence-corrected chi connectivity index (χ2v) is 5.54. The van der Waals surface area contributed by atoms with Crippen molar-refractivity contribution in [3.63, 3.8) is 0 Å². The molecule has 21 heavy (non-hydrogen) atoms. The van der Waals surface area contributed by atoms with Gasteiger partial charge in [-0.15, -0.1) is 0 Å². The summed E-state index contributed by atoms with van der Waals surface area (Å²) < 4.78 is 2.20. The molecule has 2 heteroatoms. The van der Waals surface area contributed by atoms with Gasteiger partial charge in [0.1, 0.15) is 0 Å². The number of nitrogens with one attached hydrogen (secondary N) is 1. The Bertz CT molecular complexity index is 740. The van der Waals surface area contributed by atoms with Gasteiger partial charge >= 0.3 is 0 Å². The standard InChI is InChI=1S/C19H22N2/c1-3-8-15-9-4-6-11-18(15)20-13-16-14-21(2)19-12-7-5-10-17(16)19/h4-7,9-12,14,20H,3,8,13H2,1-2H3. The second kappa shape index (κ2) is 6.04. The van der Waals surface area contributed by atoms with Crippen LogP contribution in [0.3, 0.4) is 0 Å². The van der Waals surface area contributed by atoms with Gasteiger partial charge in [-0.05, 0) is 29.7 Å². The highest BCUT2D eigenvalue weighted by atomic mass is 14.9. The van der Waals surface area contributed by atoms with Crippen LogP contribution in [0.4, 0.5) is 5.69 Å². The van der Waals surface area contributed by atoms with E-state index in [1.54, 1.807) is 0 Å². The monoisotopic (exact) mass is 278 g/mol. The lowest BCUT2D eigenvalue weighted by Gasteiger charge is -2.11. The maximum atomic E-state index is 3.61. The zero-order valence-electron chi connectivity index (χ0n) is 12.8. The third kappa shape index (κ3) is 2.80. The first-order chi connectivity index (χ1) is 10.3. The molecule has 0 radical (unpaired) electrons. The fourth-order valence-corrected chi connectivity index (χ4v) is 2.94. The molecule has 108 valence electrons. The predicted molar refractivity (Wildman–Crippen MR) is 90.7 cm³/mol. The summed E-state index contributed by atoms with van der Waals surface area (Å²) in [7, 11) is 2.11. The number of benzene rings is 2. The Morgan fingerprint density at radius 2 is 1.71 bits per heavy atom. The maximum Gasteiger partial charge on any atom is 0.0481 e. The molecule has 0 amide bonds. The largest absolute Gasteiger partial charge is 0.381 e. The topological polar surface area (TPSA) is 17.0 Å². The van der Waals surface area contributed by atoms with Crippen LogP contribution < -0.4 is 5.32 Å². The summed E-state index contributed by atoms with van der Waals surface area (Å²) in [6.45, 7) is 3.09. The van der Waals surface area contributed by atoms with Crippen LogP contribution in [0.25, 0.3) is 10.9 Å². The van der Waals surface area contributed by atoms with Gasteiger partial charge in [-0.1, -0.05) is 49.7 Å². The van der Waals surface area contributed by atoms with E-state index in [4.69, 9.17) is 0 Å². The summed E-state index contributed by atoms with van der Waals surface area (Å²) >= 11 is 0. The van der Waals surface area contributed by atoms with Crippen molar-refractivity contribution in [2.75, 3.05) is 5.32 Å². The Morgan fingerprint density at radius 3 is 2.57 bits per heavy atom. The van der Waals surface area contributed by atoms with Crippen molar-refractivity contribution < 1.29 is 0 Å². The Balaban J connectivity index is 1.84. The molecule has 1 aromatic heterocycles. The molecule has 2 nitrogen and oxygen atoms in total. The van der Waals surface area contributed by atoms with Crippen LogP contribution in [-0.2, 0) is 20.0 Å². The Morgan fingerprint density at radius 1 is 0.952 bits per heavy atom. The molecule has 3 aromatic rings. The third-order valence-electron chi connectivity index (χ3n) is 3.99. The Kier molecular flexibility index (Phi) is 3.96. The molecule has 0 spiro atoms. The summed E-state index contributed by atoms with van der Waals surface area (Å²) in [6.07, 6.45) is 4.52. The summed E-state index contributed by atoms with van der Waals surface area (Å²) in [6, 6.07) is 17.2. The molecule has 0 bridgehead atoms. The van der Waals surface area contributed by atoms with Crippen LogP contribution in [0.2, 0.25) is 0 Å². The smallest absolute Gasteiger partial charge is 0.0481 e. The van der Waals surface area contributed by atoms with E-state index in [0.29, 0.717) is 0 Å². The van der Waals surface area contributed by atoms with E-state index in [1.807, 2.05) is 0 Å². The lowest BCUT2D eigenvalue weighted by molar-refractivity contribution is 0.918. The Hall–Kier alpha value is -2.22. The SMILES string of the molecule is CCCc1ccccc1NCc1cn(C)c2ccccc12. The second-order valence-electron chi connectivity index (χ2n) is 5.54. The van der Waals surface area contributed by atoms with Crippen LogP contribution in [0.1, 0.15) is 24.5 Å². The minimum Gasteiger partial charge on any atom is -0.381 e. The molecule has 0 aliphatic carbocycles. The van der Waals surface area contributed by atoms with Gasteiger partial charge in [0.15, 0.2) is 0 Å². The van der Waals surface area contributed by atoms with Crippen LogP contribution >= 0.6 is 0 Å². The first-order valence-electron chi connectivity index (χ1n) is 7.64. The minimum atomic E-state index is 0.863. The van der Waals surface area contributed by atoms with E-state index in [0.717, 1.165) is 13.0 Å². The van der Waals surface area contributed by atoms with E-state index in [2.05, 4.69) is 78.6 Å². The highest BCUT2D eigenvalue weighted by Crippen LogP contribution is 2.23. The van der Waals surface area contributed by atoms with Crippen molar-refractivity contribution >= 4 is 16.6 Å². The predicted octanol–water partition coefficient (Wildman–Crippen LogP) is 4.74. The van der Waals surface area contributed by atoms with Crippen molar-refractivity contribution in [3.8, 4) is 0 Å². The fraction of sp³-hybridized carbons (Fsp3) is 0.263. The van der Waals surface area contributed by atoms with E-state index >= 15 is 0 Å². The zero-order chi connectivity index (χ0) is 14.7. The number of aryl methyl sites for hydroxylation is 2. The lowest BCUT2D eigenvalue weighted by atomic mass is 10.1. The molecule has 0 unspecified atom stereocenters. The van der Waals surface area contributed by atoms with Crippen molar-refractivity contribution in [1.29, 1.82) is 0 Å². The number of hydrogen-bond acceptors (Lipinski definition) is 1.